The van der Waals surface area contributed by atoms with E-state index in [1.807, 2.05) is 25.1 Å². The van der Waals surface area contributed by atoms with Crippen molar-refractivity contribution in [2.75, 3.05) is 11.5 Å². The van der Waals surface area contributed by atoms with E-state index in [9.17, 15) is 4.21 Å². The second-order valence-corrected chi connectivity index (χ2v) is 5.35. The van der Waals surface area contributed by atoms with Gasteiger partial charge in [-0.2, -0.15) is 0 Å². The fourth-order valence-corrected chi connectivity index (χ4v) is 2.83. The van der Waals surface area contributed by atoms with Crippen LogP contribution in [0.25, 0.3) is 0 Å². The molecule has 0 saturated heterocycles. The highest BCUT2D eigenvalue weighted by Gasteiger charge is 2.05. The Kier molecular flexibility index (Phi) is 4.82. The van der Waals surface area contributed by atoms with E-state index in [-0.39, 0.29) is 0 Å². The molecule has 1 unspecified atom stereocenters. The lowest BCUT2D eigenvalue weighted by Gasteiger charge is -2.07. The second-order valence-electron chi connectivity index (χ2n) is 3.77. The standard InChI is InChI=1S/C12H19NOS/c1-3-4-8-15(14)9-11-6-5-7-12(13)10(11)2/h5-7H,3-4,8-9,13H2,1-2H3. The number of nitrogens with two attached hydrogens (primary N) is 1. The third-order valence-electron chi connectivity index (χ3n) is 2.53. The maximum absolute atomic E-state index is 11.7. The van der Waals surface area contributed by atoms with Crippen LogP contribution in [0.15, 0.2) is 18.2 Å². The molecule has 2 nitrogen and oxygen atoms in total. The lowest BCUT2D eigenvalue weighted by molar-refractivity contribution is 0.679. The van der Waals surface area contributed by atoms with Gasteiger partial charge in [-0.25, -0.2) is 0 Å². The highest BCUT2D eigenvalue weighted by molar-refractivity contribution is 7.84. The predicted octanol–water partition coefficient (Wildman–Crippen LogP) is 2.63. The zero-order valence-electron chi connectivity index (χ0n) is 9.45. The molecule has 0 fully saturated rings. The molecule has 0 radical (unpaired) electrons. The van der Waals surface area contributed by atoms with Crippen molar-refractivity contribution in [2.24, 2.45) is 0 Å². The van der Waals surface area contributed by atoms with E-state index in [1.54, 1.807) is 0 Å². The van der Waals surface area contributed by atoms with Gasteiger partial charge < -0.3 is 5.73 Å². The zero-order chi connectivity index (χ0) is 11.3. The van der Waals surface area contributed by atoms with Gasteiger partial charge in [-0.15, -0.1) is 0 Å². The minimum absolute atomic E-state index is 0.636. The van der Waals surface area contributed by atoms with Crippen molar-refractivity contribution in [1.29, 1.82) is 0 Å². The molecule has 1 aromatic rings. The topological polar surface area (TPSA) is 43.1 Å². The van der Waals surface area contributed by atoms with Crippen LogP contribution in [0.2, 0.25) is 0 Å². The van der Waals surface area contributed by atoms with Crippen LogP contribution in [0, 0.1) is 6.92 Å². The van der Waals surface area contributed by atoms with Gasteiger partial charge in [0.1, 0.15) is 0 Å². The van der Waals surface area contributed by atoms with E-state index in [1.165, 1.54) is 0 Å². The van der Waals surface area contributed by atoms with Crippen LogP contribution in [0.1, 0.15) is 30.9 Å². The van der Waals surface area contributed by atoms with E-state index in [4.69, 9.17) is 5.73 Å². The summed E-state index contributed by atoms with van der Waals surface area (Å²) in [6.45, 7) is 4.10. The highest BCUT2D eigenvalue weighted by Crippen LogP contribution is 2.17. The molecule has 84 valence electrons. The monoisotopic (exact) mass is 225 g/mol. The van der Waals surface area contributed by atoms with Crippen molar-refractivity contribution in [3.05, 3.63) is 29.3 Å². The van der Waals surface area contributed by atoms with E-state index < -0.39 is 10.8 Å². The van der Waals surface area contributed by atoms with Gasteiger partial charge in [0.25, 0.3) is 0 Å². The van der Waals surface area contributed by atoms with Gasteiger partial charge in [0.15, 0.2) is 0 Å². The number of hydrogen-bond acceptors (Lipinski definition) is 2. The van der Waals surface area contributed by atoms with E-state index in [0.717, 1.165) is 35.4 Å². The van der Waals surface area contributed by atoms with Gasteiger partial charge in [0.05, 0.1) is 0 Å². The Hall–Kier alpha value is -0.830. The molecule has 0 saturated carbocycles. The molecule has 1 rings (SSSR count). The van der Waals surface area contributed by atoms with Crippen LogP contribution >= 0.6 is 0 Å². The SMILES string of the molecule is CCCCS(=O)Cc1cccc(N)c1C. The van der Waals surface area contributed by atoms with Crippen LogP contribution < -0.4 is 5.73 Å². The summed E-state index contributed by atoms with van der Waals surface area (Å²) in [6, 6.07) is 5.82. The third kappa shape index (κ3) is 3.67. The Bertz CT molecular complexity index is 349. The number of rotatable bonds is 5. The first-order chi connectivity index (χ1) is 7.15. The van der Waals surface area contributed by atoms with Crippen molar-refractivity contribution in [3.63, 3.8) is 0 Å². The average molecular weight is 225 g/mol. The van der Waals surface area contributed by atoms with Gasteiger partial charge in [0, 0.05) is 28.0 Å². The minimum Gasteiger partial charge on any atom is -0.399 e. The molecule has 3 heteroatoms. The molecular formula is C12H19NOS. The maximum atomic E-state index is 11.7. The first-order valence-corrected chi connectivity index (χ1v) is 6.83. The van der Waals surface area contributed by atoms with Crippen molar-refractivity contribution >= 4 is 16.5 Å². The van der Waals surface area contributed by atoms with E-state index in [0.29, 0.717) is 5.75 Å². The number of hydrogen-bond donors (Lipinski definition) is 1. The molecule has 0 amide bonds. The average Bonchev–Trinajstić information content (AvgIpc) is 2.22. The summed E-state index contributed by atoms with van der Waals surface area (Å²) in [4.78, 5) is 0. The summed E-state index contributed by atoms with van der Waals surface area (Å²) in [7, 11) is -0.745. The largest absolute Gasteiger partial charge is 0.399 e. The van der Waals surface area contributed by atoms with Gasteiger partial charge in [-0.3, -0.25) is 4.21 Å². The first-order valence-electron chi connectivity index (χ1n) is 5.34. The summed E-state index contributed by atoms with van der Waals surface area (Å²) in [5.41, 5.74) is 8.78. The van der Waals surface area contributed by atoms with E-state index in [2.05, 4.69) is 6.92 Å². The molecule has 0 spiro atoms. The fraction of sp³-hybridized carbons (Fsp3) is 0.500. The van der Waals surface area contributed by atoms with Gasteiger partial charge in [-0.05, 0) is 30.5 Å². The molecular weight excluding hydrogens is 206 g/mol. The molecule has 0 aromatic heterocycles. The van der Waals surface area contributed by atoms with Crippen molar-refractivity contribution in [1.82, 2.24) is 0 Å². The highest BCUT2D eigenvalue weighted by atomic mass is 32.2. The van der Waals surface area contributed by atoms with Gasteiger partial charge in [0.2, 0.25) is 0 Å². The fourth-order valence-electron chi connectivity index (χ4n) is 1.41. The van der Waals surface area contributed by atoms with Crippen LogP contribution in [0.5, 0.6) is 0 Å². The van der Waals surface area contributed by atoms with Crippen LogP contribution in [-0.2, 0) is 16.6 Å². The first kappa shape index (κ1) is 12.2. The van der Waals surface area contributed by atoms with Gasteiger partial charge in [-0.1, -0.05) is 25.5 Å². The Morgan fingerprint density at radius 2 is 2.13 bits per heavy atom. The van der Waals surface area contributed by atoms with Gasteiger partial charge >= 0.3 is 0 Å². The molecule has 0 aliphatic heterocycles. The molecule has 0 bridgehead atoms. The lowest BCUT2D eigenvalue weighted by atomic mass is 10.1. The number of benzene rings is 1. The summed E-state index contributed by atoms with van der Waals surface area (Å²) in [5.74, 6) is 1.43. The molecule has 15 heavy (non-hydrogen) atoms. The molecule has 0 aliphatic carbocycles. The number of unbranched alkanes of at least 4 members (excludes halogenated alkanes) is 1. The minimum atomic E-state index is -0.745. The summed E-state index contributed by atoms with van der Waals surface area (Å²) in [5, 5.41) is 0. The summed E-state index contributed by atoms with van der Waals surface area (Å²) >= 11 is 0. The van der Waals surface area contributed by atoms with Crippen LogP contribution in [-0.4, -0.2) is 9.96 Å². The maximum Gasteiger partial charge on any atom is 0.0489 e. The normalized spacial score (nSPS) is 12.7. The quantitative estimate of drug-likeness (QED) is 0.783. The molecule has 0 aliphatic rings. The van der Waals surface area contributed by atoms with E-state index >= 15 is 0 Å². The summed E-state index contributed by atoms with van der Waals surface area (Å²) in [6.07, 6.45) is 2.13. The molecule has 1 atom stereocenters. The predicted molar refractivity (Wildman–Crippen MR) is 67.2 cm³/mol. The number of nitrogen functional groups attached to an aromatic ring is 1. The smallest absolute Gasteiger partial charge is 0.0489 e. The second kappa shape index (κ2) is 5.91. The van der Waals surface area contributed by atoms with Crippen LogP contribution in [0.3, 0.4) is 0 Å². The Balaban J connectivity index is 2.64. The van der Waals surface area contributed by atoms with Crippen molar-refractivity contribution in [3.8, 4) is 0 Å². The Morgan fingerprint density at radius 3 is 2.80 bits per heavy atom. The molecule has 2 N–H and O–H groups in total. The molecule has 0 heterocycles. The Morgan fingerprint density at radius 1 is 1.40 bits per heavy atom. The number of anilines is 1. The van der Waals surface area contributed by atoms with Crippen molar-refractivity contribution < 1.29 is 4.21 Å². The van der Waals surface area contributed by atoms with Crippen molar-refractivity contribution in [2.45, 2.75) is 32.4 Å². The Labute approximate surface area is 94.3 Å². The van der Waals surface area contributed by atoms with Crippen LogP contribution in [0.4, 0.5) is 5.69 Å². The third-order valence-corrected chi connectivity index (χ3v) is 3.91. The summed E-state index contributed by atoms with van der Waals surface area (Å²) < 4.78 is 11.7. The molecule has 1 aromatic carbocycles. The zero-order valence-corrected chi connectivity index (χ0v) is 10.3. The lowest BCUT2D eigenvalue weighted by Crippen LogP contribution is -2.03.